The number of benzene rings is 6. The van der Waals surface area contributed by atoms with E-state index in [0.717, 1.165) is 88.4 Å². The molecule has 0 bridgehead atoms. The number of carboxylic acids is 1. The van der Waals surface area contributed by atoms with Crippen LogP contribution in [0.2, 0.25) is 0 Å². The van der Waals surface area contributed by atoms with Crippen LogP contribution in [0.4, 0.5) is 37.7 Å². The van der Waals surface area contributed by atoms with Crippen LogP contribution >= 0.6 is 23.5 Å². The zero-order chi connectivity index (χ0) is 49.8. The van der Waals surface area contributed by atoms with Gasteiger partial charge in [0.2, 0.25) is 0 Å². The molecule has 0 saturated heterocycles. The third-order valence-electron chi connectivity index (χ3n) is 10.3. The lowest BCUT2D eigenvalue weighted by atomic mass is 10.1. The minimum absolute atomic E-state index is 0.123. The number of nitrogens with one attached hydrogen (secondary N) is 2. The molecule has 8 nitrogen and oxygen atoms in total. The van der Waals surface area contributed by atoms with E-state index in [1.807, 2.05) is 96.1 Å². The molecule has 6 aromatic rings. The largest absolute Gasteiger partial charge is 0.482 e. The summed E-state index contributed by atoms with van der Waals surface area (Å²) in [7, 11) is 0. The molecule has 0 aromatic heterocycles. The van der Waals surface area contributed by atoms with E-state index in [9.17, 15) is 35.9 Å². The van der Waals surface area contributed by atoms with Gasteiger partial charge in [-0.15, -0.1) is 0 Å². The van der Waals surface area contributed by atoms with Crippen molar-refractivity contribution < 1.29 is 55.2 Å². The van der Waals surface area contributed by atoms with Gasteiger partial charge in [-0.3, -0.25) is 0 Å². The molecule has 3 N–H and O–H groups in total. The van der Waals surface area contributed by atoms with Gasteiger partial charge in [-0.2, -0.15) is 26.3 Å². The Hall–Kier alpha value is -6.26. The van der Waals surface area contributed by atoms with Crippen molar-refractivity contribution in [2.75, 3.05) is 30.5 Å². The van der Waals surface area contributed by atoms with Crippen molar-refractivity contribution in [1.29, 1.82) is 0 Å². The predicted molar refractivity (Wildman–Crippen MR) is 255 cm³/mol. The fourth-order valence-electron chi connectivity index (χ4n) is 6.61. The standard InChI is InChI=1S/C27H28F3NO3S.C25H24F3NO3S/c1-5-33-26(32)16-34-23-13-19(4)25(14-17(23)2)35-24-11-6-20(12-18(24)3)15-31-22-9-7-21(8-10-22)27(28,29)30;1-15-12-23(17(3)11-21(15)32-14-24(30)31)33-22-9-4-18(10-16(22)2)13-29-20-7-5-19(6-8-20)25(26,27)28/h6-14,31H,5,15-16H2,1-4H3;4-12,29H,13-14H2,1-3H3,(H,30,31). The number of carbonyl (C=O) groups is 2. The number of anilines is 2. The molecule has 6 aromatic carbocycles. The van der Waals surface area contributed by atoms with Gasteiger partial charge in [0.05, 0.1) is 17.7 Å². The molecule has 0 unspecified atom stereocenters. The molecule has 6 rings (SSSR count). The number of halogens is 6. The van der Waals surface area contributed by atoms with Gasteiger partial charge < -0.3 is 30.0 Å². The van der Waals surface area contributed by atoms with Crippen LogP contribution in [0.5, 0.6) is 11.5 Å². The van der Waals surface area contributed by atoms with E-state index < -0.39 is 35.4 Å². The monoisotopic (exact) mass is 978 g/mol. The van der Waals surface area contributed by atoms with Gasteiger partial charge in [-0.25, -0.2) is 9.59 Å². The number of aryl methyl sites for hydroxylation is 6. The maximum Gasteiger partial charge on any atom is 0.416 e. The first-order valence-corrected chi connectivity index (χ1v) is 23.0. The predicted octanol–water partition coefficient (Wildman–Crippen LogP) is 14.2. The number of rotatable bonds is 17. The van der Waals surface area contributed by atoms with Crippen LogP contribution in [0.25, 0.3) is 0 Å². The lowest BCUT2D eigenvalue weighted by molar-refractivity contribution is -0.145. The summed E-state index contributed by atoms with van der Waals surface area (Å²) in [6.45, 7) is 14.4. The highest BCUT2D eigenvalue weighted by atomic mass is 32.2. The Morgan fingerprint density at radius 2 is 0.897 bits per heavy atom. The van der Waals surface area contributed by atoms with E-state index in [-0.39, 0.29) is 13.2 Å². The highest BCUT2D eigenvalue weighted by molar-refractivity contribution is 7.99. The van der Waals surface area contributed by atoms with Crippen LogP contribution in [0.3, 0.4) is 0 Å². The molecule has 0 amide bonds. The highest BCUT2D eigenvalue weighted by Gasteiger charge is 2.30. The number of ether oxygens (including phenoxy) is 3. The van der Waals surface area contributed by atoms with Crippen molar-refractivity contribution in [2.45, 2.75) is 93.5 Å². The summed E-state index contributed by atoms with van der Waals surface area (Å²) in [5, 5.41) is 15.1. The molecule has 0 spiro atoms. The Morgan fingerprint density at radius 1 is 0.515 bits per heavy atom. The summed E-state index contributed by atoms with van der Waals surface area (Å²) in [6, 6.07) is 30.0. The lowest BCUT2D eigenvalue weighted by Crippen LogP contribution is -2.15. The fourth-order valence-corrected chi connectivity index (χ4v) is 8.70. The Balaban J connectivity index is 0.000000255. The van der Waals surface area contributed by atoms with Crippen LogP contribution < -0.4 is 20.1 Å². The second-order valence-corrected chi connectivity index (χ2v) is 18.0. The van der Waals surface area contributed by atoms with Gasteiger partial charge in [-0.05, 0) is 178 Å². The van der Waals surface area contributed by atoms with E-state index in [1.165, 1.54) is 24.3 Å². The summed E-state index contributed by atoms with van der Waals surface area (Å²) >= 11 is 3.27. The summed E-state index contributed by atoms with van der Waals surface area (Å²) in [5.74, 6) is -0.206. The zero-order valence-corrected chi connectivity index (χ0v) is 40.1. The highest BCUT2D eigenvalue weighted by Crippen LogP contribution is 2.38. The Kier molecular flexibility index (Phi) is 18.3. The van der Waals surface area contributed by atoms with Crippen LogP contribution in [0, 0.1) is 41.5 Å². The van der Waals surface area contributed by atoms with Crippen molar-refractivity contribution >= 4 is 46.8 Å². The summed E-state index contributed by atoms with van der Waals surface area (Å²) in [5.41, 5.74) is 7.95. The van der Waals surface area contributed by atoms with E-state index >= 15 is 0 Å². The summed E-state index contributed by atoms with van der Waals surface area (Å²) in [6.07, 6.45) is -8.68. The van der Waals surface area contributed by atoms with Crippen LogP contribution in [-0.4, -0.2) is 36.9 Å². The van der Waals surface area contributed by atoms with Gasteiger partial charge in [0.1, 0.15) is 11.5 Å². The van der Waals surface area contributed by atoms with Crippen molar-refractivity contribution in [2.24, 2.45) is 0 Å². The van der Waals surface area contributed by atoms with Crippen molar-refractivity contribution in [3.63, 3.8) is 0 Å². The van der Waals surface area contributed by atoms with E-state index in [1.54, 1.807) is 30.4 Å². The first-order valence-electron chi connectivity index (χ1n) is 21.3. The van der Waals surface area contributed by atoms with Crippen molar-refractivity contribution in [3.8, 4) is 11.5 Å². The fraction of sp³-hybridized carbons (Fsp3) is 0.269. The molecule has 0 heterocycles. The number of aliphatic carboxylic acids is 1. The van der Waals surface area contributed by atoms with Gasteiger partial charge in [0.25, 0.3) is 0 Å². The number of carboxylic acid groups (broad SMARTS) is 1. The SMILES string of the molecule is CCOC(=O)COc1cc(C)c(Sc2ccc(CNc3ccc(C(F)(F)F)cc3)cc2C)cc1C.Cc1cc(Sc2ccc(CNc3ccc(C(F)(F)F)cc3)cc2C)c(C)cc1OCC(=O)O. The van der Waals surface area contributed by atoms with Crippen LogP contribution in [0.1, 0.15) is 62.6 Å². The molecule has 0 aliphatic rings. The van der Waals surface area contributed by atoms with Gasteiger partial charge >= 0.3 is 24.3 Å². The molecule has 68 heavy (non-hydrogen) atoms. The van der Waals surface area contributed by atoms with Crippen molar-refractivity contribution in [1.82, 2.24) is 0 Å². The minimum atomic E-state index is -4.34. The average Bonchev–Trinajstić information content (AvgIpc) is 3.27. The third kappa shape index (κ3) is 15.7. The van der Waals surface area contributed by atoms with E-state index in [2.05, 4.69) is 16.7 Å². The second-order valence-electron chi connectivity index (χ2n) is 15.8. The third-order valence-corrected chi connectivity index (χ3v) is 13.0. The number of alkyl halides is 6. The zero-order valence-electron chi connectivity index (χ0n) is 38.5. The number of hydrogen-bond acceptors (Lipinski definition) is 9. The average molecular weight is 979 g/mol. The Bertz CT molecular complexity index is 2690. The van der Waals surface area contributed by atoms with E-state index in [4.69, 9.17) is 19.3 Å². The maximum atomic E-state index is 12.7. The smallest absolute Gasteiger partial charge is 0.416 e. The quantitative estimate of drug-likeness (QED) is 0.0604. The molecule has 0 atom stereocenters. The molecule has 0 fully saturated rings. The number of carbonyl (C=O) groups excluding carboxylic acids is 1. The first-order chi connectivity index (χ1) is 32.1. The number of esters is 1. The number of hydrogen-bond donors (Lipinski definition) is 3. The van der Waals surface area contributed by atoms with Crippen LogP contribution in [-0.2, 0) is 39.8 Å². The molecule has 16 heteroatoms. The lowest BCUT2D eigenvalue weighted by Gasteiger charge is -2.15. The summed E-state index contributed by atoms with van der Waals surface area (Å²) < 4.78 is 92.1. The molecule has 360 valence electrons. The normalized spacial score (nSPS) is 11.3. The molecular formula is C52H52F6N2O6S2. The Morgan fingerprint density at radius 3 is 1.25 bits per heavy atom. The molecule has 0 aliphatic heterocycles. The molecular weight excluding hydrogens is 927 g/mol. The van der Waals surface area contributed by atoms with Gasteiger partial charge in [0.15, 0.2) is 13.2 Å². The molecule has 0 aliphatic carbocycles. The minimum Gasteiger partial charge on any atom is -0.482 e. The Labute approximate surface area is 400 Å². The second kappa shape index (κ2) is 23.6. The first kappa shape index (κ1) is 52.7. The van der Waals surface area contributed by atoms with Gasteiger partial charge in [-0.1, -0.05) is 47.8 Å². The van der Waals surface area contributed by atoms with Crippen molar-refractivity contribution in [3.05, 3.63) is 165 Å². The molecule has 0 radical (unpaired) electrons. The topological polar surface area (TPSA) is 106 Å². The summed E-state index contributed by atoms with van der Waals surface area (Å²) in [4.78, 5) is 26.6. The molecule has 0 saturated carbocycles. The maximum absolute atomic E-state index is 12.7. The van der Waals surface area contributed by atoms with Gasteiger partial charge in [0, 0.05) is 44.0 Å². The van der Waals surface area contributed by atoms with Crippen LogP contribution in [0.15, 0.2) is 129 Å². The van der Waals surface area contributed by atoms with E-state index in [0.29, 0.717) is 42.6 Å².